The number of anilines is 2. The topological polar surface area (TPSA) is 101 Å². The molecule has 0 saturated carbocycles. The van der Waals surface area contributed by atoms with Gasteiger partial charge in [0, 0.05) is 11.8 Å². The number of nitrogens with one attached hydrogen (secondary N) is 1. The summed E-state index contributed by atoms with van der Waals surface area (Å²) >= 11 is 0. The summed E-state index contributed by atoms with van der Waals surface area (Å²) < 4.78 is 19.2. The van der Waals surface area contributed by atoms with Crippen molar-refractivity contribution in [1.29, 1.82) is 0 Å². The average Bonchev–Trinajstić information content (AvgIpc) is 2.74. The van der Waals surface area contributed by atoms with Gasteiger partial charge in [0.1, 0.15) is 29.2 Å². The molecule has 9 heteroatoms. The van der Waals surface area contributed by atoms with Crippen molar-refractivity contribution in [3.05, 3.63) is 78.0 Å². The minimum atomic E-state index is -0.313. The number of nitrogens with zero attached hydrogens (tertiary/aromatic N) is 3. The van der Waals surface area contributed by atoms with Gasteiger partial charge >= 0.3 is 6.15 Å². The Morgan fingerprint density at radius 2 is 1.84 bits per heavy atom. The Morgan fingerprint density at radius 1 is 1.13 bits per heavy atom. The van der Waals surface area contributed by atoms with Gasteiger partial charge in [0.05, 0.1) is 25.5 Å². The highest BCUT2D eigenvalue weighted by Gasteiger charge is 2.30. The molecule has 1 N–H and O–H groups in total. The van der Waals surface area contributed by atoms with Crippen LogP contribution in [0.4, 0.5) is 15.9 Å². The second-order valence-electron chi connectivity index (χ2n) is 6.72. The van der Waals surface area contributed by atoms with Gasteiger partial charge < -0.3 is 15.0 Å². The minimum absolute atomic E-state index is 0.0386. The van der Waals surface area contributed by atoms with E-state index in [1.165, 1.54) is 18.3 Å². The van der Waals surface area contributed by atoms with E-state index in [9.17, 15) is 9.18 Å². The summed E-state index contributed by atoms with van der Waals surface area (Å²) in [4.78, 5) is 39.0. The molecular weight excluding hydrogens is 403 g/mol. The maximum Gasteiger partial charge on any atom is 0.373 e. The molecule has 0 aliphatic carbocycles. The zero-order valence-electron chi connectivity index (χ0n) is 16.6. The van der Waals surface area contributed by atoms with Crippen molar-refractivity contribution in [2.24, 2.45) is 0 Å². The fourth-order valence-corrected chi connectivity index (χ4v) is 2.90. The zero-order valence-corrected chi connectivity index (χ0v) is 16.6. The molecule has 0 spiro atoms. The maximum atomic E-state index is 13.4. The first-order chi connectivity index (χ1) is 15.0. The number of aromatic nitrogens is 2. The Balaban J connectivity index is 0.000000858. The number of carbonyl (C=O) groups is 1. The predicted molar refractivity (Wildman–Crippen MR) is 109 cm³/mol. The van der Waals surface area contributed by atoms with E-state index in [-0.39, 0.29) is 29.7 Å². The summed E-state index contributed by atoms with van der Waals surface area (Å²) in [7, 11) is 0. The molecule has 0 atom stereocenters. The second-order valence-corrected chi connectivity index (χ2v) is 6.72. The molecule has 31 heavy (non-hydrogen) atoms. The van der Waals surface area contributed by atoms with Crippen LogP contribution in [0.25, 0.3) is 0 Å². The van der Waals surface area contributed by atoms with Crippen molar-refractivity contribution in [1.82, 2.24) is 9.97 Å². The van der Waals surface area contributed by atoms with Crippen molar-refractivity contribution >= 4 is 23.6 Å². The third-order valence-electron chi connectivity index (χ3n) is 4.52. The molecule has 0 radical (unpaired) electrons. The highest BCUT2D eigenvalue weighted by atomic mass is 19.1. The van der Waals surface area contributed by atoms with Crippen molar-refractivity contribution in [2.75, 3.05) is 23.3 Å². The molecule has 8 nitrogen and oxygen atoms in total. The number of hydrogen-bond acceptors (Lipinski definition) is 7. The Morgan fingerprint density at radius 3 is 2.48 bits per heavy atom. The molecule has 1 saturated heterocycles. The fraction of sp³-hybridized carbons (Fsp3) is 0.182. The molecule has 1 amide bonds. The number of rotatable bonds is 5. The third-order valence-corrected chi connectivity index (χ3v) is 4.52. The second kappa shape index (κ2) is 10.1. The molecule has 1 aliphatic heterocycles. The highest BCUT2D eigenvalue weighted by Crippen LogP contribution is 2.25. The minimum Gasteiger partial charge on any atom is -0.486 e. The molecule has 4 rings (SSSR count). The summed E-state index contributed by atoms with van der Waals surface area (Å²) in [6.07, 6.45) is 3.24. The lowest BCUT2D eigenvalue weighted by atomic mass is 10.1. The number of benzene rings is 2. The lowest BCUT2D eigenvalue weighted by Gasteiger charge is -2.39. The summed E-state index contributed by atoms with van der Waals surface area (Å²) in [5.41, 5.74) is 1.85. The van der Waals surface area contributed by atoms with Crippen LogP contribution < -0.4 is 15.0 Å². The highest BCUT2D eigenvalue weighted by molar-refractivity contribution is 6.02. The van der Waals surface area contributed by atoms with Gasteiger partial charge in [0.25, 0.3) is 5.91 Å². The van der Waals surface area contributed by atoms with E-state index in [4.69, 9.17) is 14.3 Å². The number of amides is 1. The standard InChI is InChI=1S/C21H19FN4O2.CO2/c1-14-7-8-15(22)9-19(14)28-17-12-26(13-17)20-11-23-18(10-24-20)21(27)25-16-5-3-2-4-6-16;2-1-3/h2-11,17H,12-13H2,1H3,(H,25,27);. The van der Waals surface area contributed by atoms with Crippen molar-refractivity contribution in [2.45, 2.75) is 13.0 Å². The van der Waals surface area contributed by atoms with Gasteiger partial charge in [-0.25, -0.2) is 14.4 Å². The van der Waals surface area contributed by atoms with Crippen LogP contribution in [-0.2, 0) is 9.59 Å². The van der Waals surface area contributed by atoms with Gasteiger partial charge in [-0.1, -0.05) is 24.3 Å². The van der Waals surface area contributed by atoms with E-state index in [0.717, 1.165) is 5.56 Å². The number of para-hydroxylation sites is 1. The van der Waals surface area contributed by atoms with Crippen LogP contribution in [0.1, 0.15) is 16.1 Å². The molecule has 3 aromatic rings. The number of aryl methyl sites for hydroxylation is 1. The van der Waals surface area contributed by atoms with E-state index in [2.05, 4.69) is 15.3 Å². The van der Waals surface area contributed by atoms with Crippen LogP contribution in [0.15, 0.2) is 60.9 Å². The van der Waals surface area contributed by atoms with Crippen LogP contribution in [0.3, 0.4) is 0 Å². The van der Waals surface area contributed by atoms with E-state index in [1.807, 2.05) is 30.0 Å². The Bertz CT molecular complexity index is 1060. The van der Waals surface area contributed by atoms with Gasteiger partial charge in [-0.15, -0.1) is 0 Å². The number of hydrogen-bond donors (Lipinski definition) is 1. The van der Waals surface area contributed by atoms with Gasteiger partial charge in [-0.3, -0.25) is 4.79 Å². The SMILES string of the molecule is Cc1ccc(F)cc1OC1CN(c2cnc(C(=O)Nc3ccccc3)cn2)C1.O=C=O. The Labute approximate surface area is 177 Å². The van der Waals surface area contributed by atoms with Gasteiger partial charge in [0.2, 0.25) is 0 Å². The van der Waals surface area contributed by atoms with Crippen molar-refractivity contribution in [3.8, 4) is 5.75 Å². The molecule has 1 aromatic heterocycles. The fourth-order valence-electron chi connectivity index (χ4n) is 2.90. The summed E-state index contributed by atoms with van der Waals surface area (Å²) in [5.74, 6) is 0.611. The molecule has 1 aliphatic rings. The monoisotopic (exact) mass is 422 g/mol. The van der Waals surface area contributed by atoms with Gasteiger partial charge in [-0.2, -0.15) is 9.59 Å². The van der Waals surface area contributed by atoms with Crippen LogP contribution in [0.2, 0.25) is 0 Å². The summed E-state index contributed by atoms with van der Waals surface area (Å²) in [5, 5.41) is 2.77. The van der Waals surface area contributed by atoms with Crippen LogP contribution in [-0.4, -0.2) is 41.2 Å². The summed E-state index contributed by atoms with van der Waals surface area (Å²) in [6, 6.07) is 13.7. The third kappa shape index (κ3) is 5.71. The first-order valence-corrected chi connectivity index (χ1v) is 9.35. The largest absolute Gasteiger partial charge is 0.486 e. The molecule has 0 bridgehead atoms. The number of ether oxygens (including phenoxy) is 1. The molecule has 0 unspecified atom stereocenters. The van der Waals surface area contributed by atoms with Crippen molar-refractivity contribution in [3.63, 3.8) is 0 Å². The Kier molecular flexibility index (Phi) is 7.03. The van der Waals surface area contributed by atoms with Crippen LogP contribution in [0, 0.1) is 12.7 Å². The smallest absolute Gasteiger partial charge is 0.373 e. The number of halogens is 1. The predicted octanol–water partition coefficient (Wildman–Crippen LogP) is 2.86. The molecule has 158 valence electrons. The quantitative estimate of drug-likeness (QED) is 0.675. The Hall–Kier alpha value is -4.10. The van der Waals surface area contributed by atoms with E-state index >= 15 is 0 Å². The van der Waals surface area contributed by atoms with Crippen molar-refractivity contribution < 1.29 is 23.5 Å². The van der Waals surface area contributed by atoms with E-state index in [0.29, 0.717) is 30.3 Å². The van der Waals surface area contributed by atoms with Gasteiger partial charge in [-0.05, 0) is 30.7 Å². The zero-order chi connectivity index (χ0) is 22.2. The molecule has 1 fully saturated rings. The number of carbonyl (C=O) groups excluding carboxylic acids is 3. The van der Waals surface area contributed by atoms with E-state index in [1.54, 1.807) is 24.4 Å². The molecule has 2 aromatic carbocycles. The van der Waals surface area contributed by atoms with E-state index < -0.39 is 0 Å². The molecule has 2 heterocycles. The molecular formula is C22H19FN4O4. The summed E-state index contributed by atoms with van der Waals surface area (Å²) in [6.45, 7) is 3.14. The first-order valence-electron chi connectivity index (χ1n) is 9.35. The average molecular weight is 422 g/mol. The first kappa shape index (κ1) is 21.6. The maximum absolute atomic E-state index is 13.4. The van der Waals surface area contributed by atoms with Crippen LogP contribution in [0.5, 0.6) is 5.75 Å². The lowest BCUT2D eigenvalue weighted by Crippen LogP contribution is -2.54. The lowest BCUT2D eigenvalue weighted by molar-refractivity contribution is -0.191. The van der Waals surface area contributed by atoms with Gasteiger partial charge in [0.15, 0.2) is 0 Å². The normalized spacial score (nSPS) is 12.6. The van der Waals surface area contributed by atoms with Crippen LogP contribution >= 0.6 is 0 Å².